The number of urea groups is 1. The number of nitrogens with one attached hydrogen (secondary N) is 1. The average molecular weight is 548 g/mol. The number of halogens is 5. The third-order valence-corrected chi connectivity index (χ3v) is 5.12. The summed E-state index contributed by atoms with van der Waals surface area (Å²) in [4.78, 5) is 37.9. The van der Waals surface area contributed by atoms with Crippen molar-refractivity contribution < 1.29 is 32.3 Å². The van der Waals surface area contributed by atoms with E-state index in [9.17, 15) is 27.6 Å². The molecule has 1 saturated heterocycles. The standard InChI is InChI=1S/C19H11Br2F3N2O4/c1-30-15-9(5-11(20)8-14(15)21)6-13-16(27)25-18(29)26(17(13)28)12-4-2-3-10(7-12)19(22,23)24/h2-8H,1H3,(H,25,27,29)/b13-6-. The van der Waals surface area contributed by atoms with Crippen molar-refractivity contribution in [2.45, 2.75) is 6.18 Å². The van der Waals surface area contributed by atoms with Crippen LogP contribution >= 0.6 is 31.9 Å². The molecule has 0 aliphatic carbocycles. The summed E-state index contributed by atoms with van der Waals surface area (Å²) in [6.45, 7) is 0. The summed E-state index contributed by atoms with van der Waals surface area (Å²) in [6.07, 6.45) is -3.48. The van der Waals surface area contributed by atoms with Gasteiger partial charge in [-0.1, -0.05) is 22.0 Å². The van der Waals surface area contributed by atoms with Crippen LogP contribution < -0.4 is 15.0 Å². The minimum absolute atomic E-state index is 0.314. The normalized spacial score (nSPS) is 16.1. The lowest BCUT2D eigenvalue weighted by Crippen LogP contribution is -2.54. The SMILES string of the molecule is COc1c(Br)cc(Br)cc1/C=C1/C(=O)NC(=O)N(c2cccc(C(F)(F)F)c2)C1=O. The maximum atomic E-state index is 13.0. The van der Waals surface area contributed by atoms with Gasteiger partial charge in [-0.2, -0.15) is 13.2 Å². The molecule has 0 aromatic heterocycles. The topological polar surface area (TPSA) is 75.7 Å². The summed E-state index contributed by atoms with van der Waals surface area (Å²) in [5.74, 6) is -1.73. The number of nitrogens with zero attached hydrogens (tertiary/aromatic N) is 1. The van der Waals surface area contributed by atoms with Crippen LogP contribution in [0, 0.1) is 0 Å². The second-order valence-electron chi connectivity index (χ2n) is 6.02. The largest absolute Gasteiger partial charge is 0.495 e. The molecule has 1 N–H and O–H groups in total. The number of carbonyl (C=O) groups excluding carboxylic acids is 3. The third kappa shape index (κ3) is 4.26. The van der Waals surface area contributed by atoms with Crippen molar-refractivity contribution >= 4 is 61.5 Å². The molecule has 3 rings (SSSR count). The molecule has 1 heterocycles. The maximum absolute atomic E-state index is 13.0. The Kier molecular flexibility index (Phi) is 6.04. The number of carbonyl (C=O) groups is 3. The maximum Gasteiger partial charge on any atom is 0.416 e. The molecule has 1 fully saturated rings. The van der Waals surface area contributed by atoms with Crippen LogP contribution in [0.1, 0.15) is 11.1 Å². The van der Waals surface area contributed by atoms with Crippen LogP contribution in [0.25, 0.3) is 6.08 Å². The fourth-order valence-corrected chi connectivity index (χ4v) is 4.19. The summed E-state index contributed by atoms with van der Waals surface area (Å²) >= 11 is 6.58. The molecule has 11 heteroatoms. The van der Waals surface area contributed by atoms with Gasteiger partial charge in [-0.3, -0.25) is 14.9 Å². The van der Waals surface area contributed by atoms with Crippen LogP contribution in [-0.2, 0) is 15.8 Å². The van der Waals surface area contributed by atoms with Crippen LogP contribution in [-0.4, -0.2) is 25.0 Å². The number of imide groups is 2. The van der Waals surface area contributed by atoms with E-state index in [-0.39, 0.29) is 5.69 Å². The zero-order chi connectivity index (χ0) is 22.2. The smallest absolute Gasteiger partial charge is 0.416 e. The number of hydrogen-bond acceptors (Lipinski definition) is 4. The van der Waals surface area contributed by atoms with Gasteiger partial charge < -0.3 is 4.74 Å². The molecule has 2 aromatic rings. The van der Waals surface area contributed by atoms with Crippen molar-refractivity contribution in [1.29, 1.82) is 0 Å². The first-order chi connectivity index (χ1) is 14.0. The number of barbiturate groups is 1. The van der Waals surface area contributed by atoms with Crippen molar-refractivity contribution in [2.75, 3.05) is 12.0 Å². The monoisotopic (exact) mass is 546 g/mol. The predicted octanol–water partition coefficient (Wildman–Crippen LogP) is 4.91. The number of hydrogen-bond donors (Lipinski definition) is 1. The fourth-order valence-electron chi connectivity index (χ4n) is 2.77. The Hall–Kier alpha value is -2.66. The van der Waals surface area contributed by atoms with E-state index in [0.29, 0.717) is 31.2 Å². The summed E-state index contributed by atoms with van der Waals surface area (Å²) in [5.41, 5.74) is -1.49. The molecular formula is C19H11Br2F3N2O4. The Morgan fingerprint density at radius 2 is 1.80 bits per heavy atom. The first-order valence-corrected chi connectivity index (χ1v) is 9.73. The summed E-state index contributed by atoms with van der Waals surface area (Å²) in [6, 6.07) is 5.79. The number of anilines is 1. The highest BCUT2D eigenvalue weighted by molar-refractivity contribution is 9.11. The van der Waals surface area contributed by atoms with Crippen LogP contribution in [0.3, 0.4) is 0 Å². The van der Waals surface area contributed by atoms with Crippen LogP contribution in [0.15, 0.2) is 50.9 Å². The summed E-state index contributed by atoms with van der Waals surface area (Å²) in [7, 11) is 1.39. The second kappa shape index (κ2) is 8.23. The Labute approximate surface area is 184 Å². The molecule has 2 aromatic carbocycles. The molecule has 0 atom stereocenters. The Bertz CT molecular complexity index is 1100. The van der Waals surface area contributed by atoms with Gasteiger partial charge in [0, 0.05) is 10.0 Å². The second-order valence-corrected chi connectivity index (χ2v) is 7.79. The number of benzene rings is 2. The third-order valence-electron chi connectivity index (χ3n) is 4.07. The molecule has 0 radical (unpaired) electrons. The zero-order valence-corrected chi connectivity index (χ0v) is 18.2. The van der Waals surface area contributed by atoms with E-state index in [1.54, 1.807) is 12.1 Å². The van der Waals surface area contributed by atoms with Crippen LogP contribution in [0.4, 0.5) is 23.7 Å². The molecule has 6 nitrogen and oxygen atoms in total. The lowest BCUT2D eigenvalue weighted by Gasteiger charge is -2.27. The van der Waals surface area contributed by atoms with Gasteiger partial charge in [0.1, 0.15) is 11.3 Å². The molecule has 1 aliphatic heterocycles. The number of rotatable bonds is 3. The Morgan fingerprint density at radius 3 is 2.43 bits per heavy atom. The molecule has 30 heavy (non-hydrogen) atoms. The highest BCUT2D eigenvalue weighted by Gasteiger charge is 2.38. The van der Waals surface area contributed by atoms with Crippen LogP contribution in [0.2, 0.25) is 0 Å². The van der Waals surface area contributed by atoms with E-state index >= 15 is 0 Å². The predicted molar refractivity (Wildman–Crippen MR) is 109 cm³/mol. The van der Waals surface area contributed by atoms with Gasteiger partial charge in [-0.15, -0.1) is 0 Å². The lowest BCUT2D eigenvalue weighted by molar-refractivity contribution is -0.137. The van der Waals surface area contributed by atoms with Gasteiger partial charge in [-0.05, 0) is 52.3 Å². The minimum Gasteiger partial charge on any atom is -0.495 e. The van der Waals surface area contributed by atoms with Gasteiger partial charge in [0.2, 0.25) is 0 Å². The van der Waals surface area contributed by atoms with E-state index in [0.717, 1.165) is 18.2 Å². The average Bonchev–Trinajstić information content (AvgIpc) is 2.64. The first-order valence-electron chi connectivity index (χ1n) is 8.14. The van der Waals surface area contributed by atoms with Crippen molar-refractivity contribution in [3.05, 3.63) is 62.0 Å². The van der Waals surface area contributed by atoms with Crippen LogP contribution in [0.5, 0.6) is 5.75 Å². The van der Waals surface area contributed by atoms with Gasteiger partial charge in [0.05, 0.1) is 22.8 Å². The molecule has 0 bridgehead atoms. The van der Waals surface area contributed by atoms with Gasteiger partial charge in [0.15, 0.2) is 0 Å². The lowest BCUT2D eigenvalue weighted by atomic mass is 10.1. The molecule has 156 valence electrons. The van der Waals surface area contributed by atoms with E-state index in [1.807, 2.05) is 5.32 Å². The Morgan fingerprint density at radius 1 is 1.10 bits per heavy atom. The molecule has 0 spiro atoms. The molecule has 0 saturated carbocycles. The van der Waals surface area contributed by atoms with Gasteiger partial charge in [-0.25, -0.2) is 9.69 Å². The van der Waals surface area contributed by atoms with Gasteiger partial charge in [0.25, 0.3) is 11.8 Å². The van der Waals surface area contributed by atoms with E-state index in [4.69, 9.17) is 4.74 Å². The summed E-state index contributed by atoms with van der Waals surface area (Å²) in [5, 5.41) is 1.97. The van der Waals surface area contributed by atoms with E-state index < -0.39 is 35.2 Å². The number of amides is 4. The van der Waals surface area contributed by atoms with E-state index in [1.165, 1.54) is 13.2 Å². The number of alkyl halides is 3. The highest BCUT2D eigenvalue weighted by Crippen LogP contribution is 2.35. The zero-order valence-electron chi connectivity index (χ0n) is 15.0. The number of methoxy groups -OCH3 is 1. The fraction of sp³-hybridized carbons (Fsp3) is 0.105. The van der Waals surface area contributed by atoms with E-state index in [2.05, 4.69) is 31.9 Å². The first kappa shape index (κ1) is 22.0. The summed E-state index contributed by atoms with van der Waals surface area (Å²) < 4.78 is 45.5. The molecular weight excluding hydrogens is 537 g/mol. The Balaban J connectivity index is 2.10. The quantitative estimate of drug-likeness (QED) is 0.438. The minimum atomic E-state index is -4.67. The van der Waals surface area contributed by atoms with Crippen molar-refractivity contribution in [2.24, 2.45) is 0 Å². The van der Waals surface area contributed by atoms with Crippen molar-refractivity contribution in [1.82, 2.24) is 5.32 Å². The molecule has 1 aliphatic rings. The highest BCUT2D eigenvalue weighted by atomic mass is 79.9. The molecule has 4 amide bonds. The van der Waals surface area contributed by atoms with Gasteiger partial charge >= 0.3 is 12.2 Å². The number of ether oxygens (including phenoxy) is 1. The molecule has 0 unspecified atom stereocenters. The van der Waals surface area contributed by atoms with Crippen molar-refractivity contribution in [3.63, 3.8) is 0 Å². The van der Waals surface area contributed by atoms with Crippen molar-refractivity contribution in [3.8, 4) is 5.75 Å².